The molecule has 0 amide bonds. The second-order valence-corrected chi connectivity index (χ2v) is 6.50. The maximum atomic E-state index is 10.8. The van der Waals surface area contributed by atoms with Crippen LogP contribution in [0.5, 0.6) is 5.75 Å². The minimum Gasteiger partial charge on any atom is -0.489 e. The summed E-state index contributed by atoms with van der Waals surface area (Å²) in [7, 11) is 0. The van der Waals surface area contributed by atoms with Crippen molar-refractivity contribution in [3.63, 3.8) is 0 Å². The highest BCUT2D eigenvalue weighted by Crippen LogP contribution is 2.21. The van der Waals surface area contributed by atoms with Crippen LogP contribution in [0.25, 0.3) is 6.08 Å². The highest BCUT2D eigenvalue weighted by Gasteiger charge is 2.10. The van der Waals surface area contributed by atoms with E-state index in [0.29, 0.717) is 12.4 Å². The van der Waals surface area contributed by atoms with Gasteiger partial charge in [0.15, 0.2) is 0 Å². The minimum atomic E-state index is -0.780. The number of thioether (sulfide) groups is 1. The lowest BCUT2D eigenvalue weighted by Crippen LogP contribution is -2.11. The molecule has 0 saturated heterocycles. The number of ether oxygens (including phenoxy) is 1. The van der Waals surface area contributed by atoms with E-state index in [0.717, 1.165) is 22.4 Å². The van der Waals surface area contributed by atoms with Gasteiger partial charge in [0.1, 0.15) is 12.4 Å². The summed E-state index contributed by atoms with van der Waals surface area (Å²) >= 11 is 1.41. The number of hydrogen-bond acceptors (Lipinski definition) is 3. The molecule has 1 N–H and O–H groups in total. The first-order chi connectivity index (χ1) is 11.1. The van der Waals surface area contributed by atoms with Gasteiger partial charge in [-0.1, -0.05) is 49.1 Å². The predicted octanol–water partition coefficient (Wildman–Crippen LogP) is 4.61. The van der Waals surface area contributed by atoms with Gasteiger partial charge >= 0.3 is 5.97 Å². The molecule has 1 unspecified atom stereocenters. The van der Waals surface area contributed by atoms with Gasteiger partial charge in [0, 0.05) is 5.75 Å². The topological polar surface area (TPSA) is 46.5 Å². The first-order valence-corrected chi connectivity index (χ1v) is 8.41. The SMILES string of the molecule is C=Cc1ccc(COc2ccc(CSC(C)C(=O)O)cc2)cc1. The summed E-state index contributed by atoms with van der Waals surface area (Å²) in [5.41, 5.74) is 3.28. The number of carboxylic acids is 1. The second kappa shape index (κ2) is 8.44. The molecule has 1 atom stereocenters. The first kappa shape index (κ1) is 17.2. The number of carbonyl (C=O) groups is 1. The Labute approximate surface area is 141 Å². The summed E-state index contributed by atoms with van der Waals surface area (Å²) in [4.78, 5) is 10.8. The molecule has 3 nitrogen and oxygen atoms in total. The minimum absolute atomic E-state index is 0.399. The molecule has 23 heavy (non-hydrogen) atoms. The number of hydrogen-bond donors (Lipinski definition) is 1. The molecule has 0 saturated carbocycles. The Morgan fingerprint density at radius 1 is 1.17 bits per heavy atom. The lowest BCUT2D eigenvalue weighted by Gasteiger charge is -2.09. The summed E-state index contributed by atoms with van der Waals surface area (Å²) in [6.07, 6.45) is 1.81. The van der Waals surface area contributed by atoms with E-state index in [-0.39, 0.29) is 0 Å². The molecule has 0 radical (unpaired) electrons. The Morgan fingerprint density at radius 3 is 2.35 bits per heavy atom. The number of aliphatic carboxylic acids is 1. The summed E-state index contributed by atoms with van der Waals surface area (Å²) in [5.74, 6) is 0.701. The van der Waals surface area contributed by atoms with Crippen molar-refractivity contribution in [2.24, 2.45) is 0 Å². The van der Waals surface area contributed by atoms with Gasteiger partial charge in [-0.05, 0) is 35.7 Å². The molecule has 0 fully saturated rings. The number of rotatable bonds is 8. The summed E-state index contributed by atoms with van der Waals surface area (Å²) in [5, 5.41) is 8.47. The Kier molecular flexibility index (Phi) is 6.29. The van der Waals surface area contributed by atoms with Crippen LogP contribution in [-0.2, 0) is 17.2 Å². The summed E-state index contributed by atoms with van der Waals surface area (Å²) < 4.78 is 5.76. The van der Waals surface area contributed by atoms with Gasteiger partial charge in [-0.3, -0.25) is 4.79 Å². The third-order valence-electron chi connectivity index (χ3n) is 3.39. The normalized spacial score (nSPS) is 11.7. The molecule has 0 aliphatic carbocycles. The van der Waals surface area contributed by atoms with Crippen LogP contribution >= 0.6 is 11.8 Å². The zero-order valence-electron chi connectivity index (χ0n) is 13.1. The van der Waals surface area contributed by atoms with Gasteiger partial charge in [0.2, 0.25) is 0 Å². The van der Waals surface area contributed by atoms with Gasteiger partial charge in [0.05, 0.1) is 5.25 Å². The molecule has 0 bridgehead atoms. The summed E-state index contributed by atoms with van der Waals surface area (Å²) in [6.45, 7) is 5.94. The first-order valence-electron chi connectivity index (χ1n) is 7.36. The lowest BCUT2D eigenvalue weighted by atomic mass is 10.1. The molecule has 2 aromatic carbocycles. The van der Waals surface area contributed by atoms with Gasteiger partial charge in [-0.25, -0.2) is 0 Å². The van der Waals surface area contributed by atoms with Crippen molar-refractivity contribution in [2.75, 3.05) is 0 Å². The Balaban J connectivity index is 1.84. The van der Waals surface area contributed by atoms with Crippen molar-refractivity contribution < 1.29 is 14.6 Å². The van der Waals surface area contributed by atoms with E-state index in [9.17, 15) is 4.79 Å². The molecule has 120 valence electrons. The van der Waals surface area contributed by atoms with Crippen LogP contribution in [0.15, 0.2) is 55.1 Å². The summed E-state index contributed by atoms with van der Waals surface area (Å²) in [6, 6.07) is 15.8. The van der Waals surface area contributed by atoms with Gasteiger partial charge in [-0.15, -0.1) is 11.8 Å². The molecule has 2 rings (SSSR count). The zero-order chi connectivity index (χ0) is 16.7. The van der Waals surface area contributed by atoms with Crippen molar-refractivity contribution in [2.45, 2.75) is 24.5 Å². The standard InChI is InChI=1S/C19H20O3S/c1-3-15-4-6-16(7-5-15)12-22-18-10-8-17(9-11-18)13-23-14(2)19(20)21/h3-11,14H,1,12-13H2,2H3,(H,20,21). The van der Waals surface area contributed by atoms with Crippen LogP contribution in [-0.4, -0.2) is 16.3 Å². The largest absolute Gasteiger partial charge is 0.489 e. The van der Waals surface area contributed by atoms with Crippen molar-refractivity contribution in [3.05, 3.63) is 71.8 Å². The Hall–Kier alpha value is -2.20. The third kappa shape index (κ3) is 5.49. The van der Waals surface area contributed by atoms with Crippen molar-refractivity contribution in [1.29, 1.82) is 0 Å². The van der Waals surface area contributed by atoms with Crippen LogP contribution in [0, 0.1) is 0 Å². The molecule has 2 aromatic rings. The van der Waals surface area contributed by atoms with Crippen molar-refractivity contribution in [3.8, 4) is 5.75 Å². The monoisotopic (exact) mass is 328 g/mol. The maximum absolute atomic E-state index is 10.8. The van der Waals surface area contributed by atoms with Crippen LogP contribution in [0.4, 0.5) is 0 Å². The highest BCUT2D eigenvalue weighted by atomic mass is 32.2. The molecule has 0 heterocycles. The zero-order valence-corrected chi connectivity index (χ0v) is 13.9. The van der Waals surface area contributed by atoms with Crippen LogP contribution in [0.2, 0.25) is 0 Å². The van der Waals surface area contributed by atoms with Crippen LogP contribution in [0.3, 0.4) is 0 Å². The van der Waals surface area contributed by atoms with E-state index in [4.69, 9.17) is 9.84 Å². The van der Waals surface area contributed by atoms with Gasteiger partial charge in [0.25, 0.3) is 0 Å². The number of carboxylic acid groups (broad SMARTS) is 1. The fourth-order valence-electron chi connectivity index (χ4n) is 1.89. The predicted molar refractivity (Wildman–Crippen MR) is 95.7 cm³/mol. The molecule has 0 aliphatic heterocycles. The van der Waals surface area contributed by atoms with Crippen molar-refractivity contribution in [1.82, 2.24) is 0 Å². The van der Waals surface area contributed by atoms with E-state index >= 15 is 0 Å². The van der Waals surface area contributed by atoms with E-state index in [1.165, 1.54) is 11.8 Å². The Bertz CT molecular complexity index is 647. The fraction of sp³-hybridized carbons (Fsp3) is 0.211. The molecular weight excluding hydrogens is 308 g/mol. The molecule has 0 spiro atoms. The highest BCUT2D eigenvalue weighted by molar-refractivity contribution is 7.99. The molecular formula is C19H20O3S. The van der Waals surface area contributed by atoms with Crippen molar-refractivity contribution >= 4 is 23.8 Å². The van der Waals surface area contributed by atoms with Crippen LogP contribution < -0.4 is 4.74 Å². The fourth-order valence-corrected chi connectivity index (χ4v) is 2.67. The van der Waals surface area contributed by atoms with E-state index in [1.54, 1.807) is 6.92 Å². The van der Waals surface area contributed by atoms with E-state index < -0.39 is 11.2 Å². The third-order valence-corrected chi connectivity index (χ3v) is 4.59. The average molecular weight is 328 g/mol. The van der Waals surface area contributed by atoms with Gasteiger partial charge in [-0.2, -0.15) is 0 Å². The van der Waals surface area contributed by atoms with Crippen LogP contribution in [0.1, 0.15) is 23.6 Å². The maximum Gasteiger partial charge on any atom is 0.316 e. The molecule has 0 aliphatic rings. The number of benzene rings is 2. The molecule has 0 aromatic heterocycles. The lowest BCUT2D eigenvalue weighted by molar-refractivity contribution is -0.136. The molecule has 4 heteroatoms. The smallest absolute Gasteiger partial charge is 0.316 e. The van der Waals surface area contributed by atoms with E-state index in [2.05, 4.69) is 6.58 Å². The average Bonchev–Trinajstić information content (AvgIpc) is 2.59. The van der Waals surface area contributed by atoms with E-state index in [1.807, 2.05) is 54.6 Å². The quantitative estimate of drug-likeness (QED) is 0.768. The second-order valence-electron chi connectivity index (χ2n) is 5.17. The Morgan fingerprint density at radius 2 is 1.78 bits per heavy atom. The van der Waals surface area contributed by atoms with Gasteiger partial charge < -0.3 is 9.84 Å².